The number of hydrogen-bond donors (Lipinski definition) is 0. The molecule has 0 radical (unpaired) electrons. The van der Waals surface area contributed by atoms with Crippen LogP contribution >= 0.6 is 0 Å². The van der Waals surface area contributed by atoms with Crippen LogP contribution in [0.4, 0.5) is 0 Å². The van der Waals surface area contributed by atoms with Crippen molar-refractivity contribution in [1.82, 2.24) is 0 Å². The fourth-order valence-corrected chi connectivity index (χ4v) is 1.75. The van der Waals surface area contributed by atoms with E-state index >= 15 is 0 Å². The summed E-state index contributed by atoms with van der Waals surface area (Å²) < 4.78 is 10.0. The fraction of sp³-hybridized carbons (Fsp3) is 0.111. The number of benzene rings is 2. The summed E-state index contributed by atoms with van der Waals surface area (Å²) in [6.07, 6.45) is 3.03. The van der Waals surface area contributed by atoms with Crippen molar-refractivity contribution in [3.63, 3.8) is 0 Å². The summed E-state index contributed by atoms with van der Waals surface area (Å²) in [5, 5.41) is 0. The molecule has 22 heavy (non-hydrogen) atoms. The van der Waals surface area contributed by atoms with Crippen LogP contribution in [0.2, 0.25) is 0 Å². The fourth-order valence-electron chi connectivity index (χ4n) is 1.75. The van der Waals surface area contributed by atoms with Gasteiger partial charge >= 0.3 is 11.9 Å². The van der Waals surface area contributed by atoms with Crippen LogP contribution in [0.3, 0.4) is 0 Å². The predicted molar refractivity (Wildman–Crippen MR) is 83.5 cm³/mol. The van der Waals surface area contributed by atoms with Gasteiger partial charge in [0.15, 0.2) is 0 Å². The summed E-state index contributed by atoms with van der Waals surface area (Å²) in [6.45, 7) is 2.06. The molecule has 112 valence electrons. The van der Waals surface area contributed by atoms with Crippen molar-refractivity contribution in [2.75, 3.05) is 6.61 Å². The van der Waals surface area contributed by atoms with Gasteiger partial charge in [-0.05, 0) is 42.8 Å². The zero-order valence-electron chi connectivity index (χ0n) is 12.2. The van der Waals surface area contributed by atoms with Gasteiger partial charge in [-0.1, -0.05) is 30.3 Å². The molecule has 0 unspecified atom stereocenters. The van der Waals surface area contributed by atoms with E-state index < -0.39 is 11.9 Å². The standard InChI is InChI=1S/C18H16O4/c1-2-21-18(20)15-9-11-16(12-10-15)22-17(19)13-8-14-6-4-3-5-7-14/h3-13H,2H2,1H3/b13-8+. The molecule has 4 nitrogen and oxygen atoms in total. The third-order valence-corrected chi connectivity index (χ3v) is 2.80. The number of carbonyl (C=O) groups excluding carboxylic acids is 2. The number of hydrogen-bond acceptors (Lipinski definition) is 4. The maximum absolute atomic E-state index is 11.7. The molecule has 0 bridgehead atoms. The van der Waals surface area contributed by atoms with Crippen LogP contribution in [-0.4, -0.2) is 18.5 Å². The van der Waals surface area contributed by atoms with Crippen LogP contribution in [0.5, 0.6) is 5.75 Å². The van der Waals surface area contributed by atoms with Crippen molar-refractivity contribution in [1.29, 1.82) is 0 Å². The van der Waals surface area contributed by atoms with Gasteiger partial charge in [-0.3, -0.25) is 0 Å². The van der Waals surface area contributed by atoms with Gasteiger partial charge in [0.1, 0.15) is 5.75 Å². The molecule has 0 atom stereocenters. The third-order valence-electron chi connectivity index (χ3n) is 2.80. The molecule has 2 rings (SSSR count). The molecule has 0 saturated heterocycles. The first-order valence-electron chi connectivity index (χ1n) is 6.91. The van der Waals surface area contributed by atoms with Gasteiger partial charge in [0.2, 0.25) is 0 Å². The first kappa shape index (κ1) is 15.5. The van der Waals surface area contributed by atoms with Crippen molar-refractivity contribution in [3.8, 4) is 5.75 Å². The number of rotatable bonds is 5. The van der Waals surface area contributed by atoms with Crippen molar-refractivity contribution in [2.45, 2.75) is 6.92 Å². The molecule has 4 heteroatoms. The minimum absolute atomic E-state index is 0.319. The summed E-state index contributed by atoms with van der Waals surface area (Å²) >= 11 is 0. The molecule has 2 aromatic carbocycles. The SMILES string of the molecule is CCOC(=O)c1ccc(OC(=O)/C=C/c2ccccc2)cc1. The molecule has 0 aliphatic heterocycles. The number of esters is 2. The molecule has 0 N–H and O–H groups in total. The second kappa shape index (κ2) is 7.78. The monoisotopic (exact) mass is 296 g/mol. The van der Waals surface area contributed by atoms with Crippen LogP contribution in [-0.2, 0) is 9.53 Å². The van der Waals surface area contributed by atoms with E-state index in [4.69, 9.17) is 9.47 Å². The Kier molecular flexibility index (Phi) is 5.49. The Morgan fingerprint density at radius 2 is 1.68 bits per heavy atom. The lowest BCUT2D eigenvalue weighted by Crippen LogP contribution is -2.06. The van der Waals surface area contributed by atoms with E-state index in [0.29, 0.717) is 17.9 Å². The maximum Gasteiger partial charge on any atom is 0.338 e. The number of carbonyl (C=O) groups is 2. The average molecular weight is 296 g/mol. The van der Waals surface area contributed by atoms with Crippen LogP contribution in [0.25, 0.3) is 6.08 Å². The molecule has 0 saturated carbocycles. The van der Waals surface area contributed by atoms with Crippen molar-refractivity contribution in [2.24, 2.45) is 0 Å². The molecule has 0 spiro atoms. The van der Waals surface area contributed by atoms with Gasteiger partial charge in [-0.15, -0.1) is 0 Å². The topological polar surface area (TPSA) is 52.6 Å². The summed E-state index contributed by atoms with van der Waals surface area (Å²) in [5.74, 6) is -0.507. The quantitative estimate of drug-likeness (QED) is 0.481. The predicted octanol–water partition coefficient (Wildman–Crippen LogP) is 3.48. The Balaban J connectivity index is 1.94. The molecule has 2 aromatic rings. The van der Waals surface area contributed by atoms with Gasteiger partial charge in [-0.2, -0.15) is 0 Å². The maximum atomic E-state index is 11.7. The van der Waals surface area contributed by atoms with Gasteiger partial charge in [0.25, 0.3) is 0 Å². The Hall–Kier alpha value is -2.88. The minimum atomic E-state index is -0.479. The van der Waals surface area contributed by atoms with E-state index in [9.17, 15) is 9.59 Å². The lowest BCUT2D eigenvalue weighted by molar-refractivity contribution is -0.128. The van der Waals surface area contributed by atoms with Crippen molar-refractivity contribution < 1.29 is 19.1 Å². The van der Waals surface area contributed by atoms with E-state index in [1.54, 1.807) is 37.3 Å². The summed E-state index contributed by atoms with van der Waals surface area (Å²) in [6, 6.07) is 15.7. The Morgan fingerprint density at radius 3 is 2.32 bits per heavy atom. The average Bonchev–Trinajstić information content (AvgIpc) is 2.55. The first-order valence-corrected chi connectivity index (χ1v) is 6.91. The highest BCUT2D eigenvalue weighted by Gasteiger charge is 2.07. The van der Waals surface area contributed by atoms with Crippen molar-refractivity contribution in [3.05, 3.63) is 71.8 Å². The second-order valence-electron chi connectivity index (χ2n) is 4.41. The highest BCUT2D eigenvalue weighted by Crippen LogP contribution is 2.13. The van der Waals surface area contributed by atoms with Crippen LogP contribution in [0.15, 0.2) is 60.7 Å². The Labute approximate surface area is 129 Å². The Morgan fingerprint density at radius 1 is 1.00 bits per heavy atom. The van der Waals surface area contributed by atoms with Crippen LogP contribution in [0.1, 0.15) is 22.8 Å². The number of ether oxygens (including phenoxy) is 2. The van der Waals surface area contributed by atoms with Gasteiger partial charge in [0.05, 0.1) is 12.2 Å². The van der Waals surface area contributed by atoms with Gasteiger partial charge in [-0.25, -0.2) is 9.59 Å². The molecule has 0 fully saturated rings. The summed E-state index contributed by atoms with van der Waals surface area (Å²) in [7, 11) is 0. The van der Waals surface area contributed by atoms with E-state index in [2.05, 4.69) is 0 Å². The minimum Gasteiger partial charge on any atom is -0.462 e. The van der Waals surface area contributed by atoms with E-state index in [1.807, 2.05) is 30.3 Å². The third kappa shape index (κ3) is 4.59. The second-order valence-corrected chi connectivity index (χ2v) is 4.41. The zero-order chi connectivity index (χ0) is 15.8. The molecule has 0 heterocycles. The van der Waals surface area contributed by atoms with Crippen LogP contribution in [0, 0.1) is 0 Å². The largest absolute Gasteiger partial charge is 0.462 e. The normalized spacial score (nSPS) is 10.4. The highest BCUT2D eigenvalue weighted by atomic mass is 16.5. The molecule has 0 aromatic heterocycles. The first-order chi connectivity index (χ1) is 10.7. The molecule has 0 aliphatic rings. The zero-order valence-corrected chi connectivity index (χ0v) is 12.2. The van der Waals surface area contributed by atoms with E-state index in [-0.39, 0.29) is 0 Å². The van der Waals surface area contributed by atoms with E-state index in [1.165, 1.54) is 6.08 Å². The van der Waals surface area contributed by atoms with Gasteiger partial charge in [0, 0.05) is 6.08 Å². The summed E-state index contributed by atoms with van der Waals surface area (Å²) in [5.41, 5.74) is 1.33. The van der Waals surface area contributed by atoms with E-state index in [0.717, 1.165) is 5.56 Å². The van der Waals surface area contributed by atoms with Crippen LogP contribution < -0.4 is 4.74 Å². The van der Waals surface area contributed by atoms with Crippen molar-refractivity contribution >= 4 is 18.0 Å². The smallest absolute Gasteiger partial charge is 0.338 e. The highest BCUT2D eigenvalue weighted by molar-refractivity contribution is 5.90. The molecule has 0 amide bonds. The molecular formula is C18H16O4. The lowest BCUT2D eigenvalue weighted by Gasteiger charge is -2.04. The molecular weight excluding hydrogens is 280 g/mol. The molecule has 0 aliphatic carbocycles. The summed E-state index contributed by atoms with van der Waals surface area (Å²) in [4.78, 5) is 23.2. The Bertz CT molecular complexity index is 657. The van der Waals surface area contributed by atoms with Gasteiger partial charge < -0.3 is 9.47 Å². The lowest BCUT2D eigenvalue weighted by atomic mass is 10.2.